The van der Waals surface area contributed by atoms with E-state index < -0.39 is 0 Å². The van der Waals surface area contributed by atoms with Crippen LogP contribution in [0.2, 0.25) is 10.0 Å². The van der Waals surface area contributed by atoms with Crippen molar-refractivity contribution in [1.29, 1.82) is 0 Å². The molecular formula is C15H23Cl2NO. The van der Waals surface area contributed by atoms with Crippen molar-refractivity contribution in [3.63, 3.8) is 0 Å². The van der Waals surface area contributed by atoms with Crippen molar-refractivity contribution in [2.45, 2.75) is 39.7 Å². The molecule has 0 amide bonds. The molecule has 0 bridgehead atoms. The standard InChI is InChI=1S/C15H23Cl2NO/c1-14(2,3)9-18-15(4,10-19)8-11-5-6-12(16)13(17)7-11/h5-7,18-19H,8-10H2,1-4H3. The molecule has 0 aliphatic carbocycles. The molecule has 0 fully saturated rings. The molecule has 4 heteroatoms. The molecule has 0 aromatic heterocycles. The van der Waals surface area contributed by atoms with Gasteiger partial charge in [-0.2, -0.15) is 0 Å². The Balaban J connectivity index is 2.76. The summed E-state index contributed by atoms with van der Waals surface area (Å²) in [7, 11) is 0. The number of aliphatic hydroxyl groups is 1. The Morgan fingerprint density at radius 2 is 1.74 bits per heavy atom. The van der Waals surface area contributed by atoms with Crippen LogP contribution in [0, 0.1) is 5.41 Å². The summed E-state index contributed by atoms with van der Waals surface area (Å²) in [6.07, 6.45) is 0.705. The van der Waals surface area contributed by atoms with E-state index >= 15 is 0 Å². The number of hydrogen-bond acceptors (Lipinski definition) is 2. The largest absolute Gasteiger partial charge is 0.394 e. The van der Waals surface area contributed by atoms with Crippen LogP contribution in [0.4, 0.5) is 0 Å². The van der Waals surface area contributed by atoms with Crippen molar-refractivity contribution < 1.29 is 5.11 Å². The first-order valence-corrected chi connectivity index (χ1v) is 7.21. The lowest BCUT2D eigenvalue weighted by atomic mass is 9.90. The van der Waals surface area contributed by atoms with Crippen LogP contribution in [0.15, 0.2) is 18.2 Å². The monoisotopic (exact) mass is 303 g/mol. The van der Waals surface area contributed by atoms with Gasteiger partial charge in [-0.05, 0) is 36.5 Å². The molecule has 0 saturated carbocycles. The van der Waals surface area contributed by atoms with Gasteiger partial charge in [-0.1, -0.05) is 50.0 Å². The van der Waals surface area contributed by atoms with E-state index in [9.17, 15) is 5.11 Å². The second kappa shape index (κ2) is 6.45. The van der Waals surface area contributed by atoms with Crippen LogP contribution in [0.5, 0.6) is 0 Å². The Morgan fingerprint density at radius 1 is 1.11 bits per heavy atom. The number of hydrogen-bond donors (Lipinski definition) is 2. The van der Waals surface area contributed by atoms with Crippen molar-refractivity contribution in [3.8, 4) is 0 Å². The zero-order chi connectivity index (χ0) is 14.7. The SMILES string of the molecule is CC(C)(C)CNC(C)(CO)Cc1ccc(Cl)c(Cl)c1. The second-order valence-corrected chi connectivity index (χ2v) is 7.37. The van der Waals surface area contributed by atoms with Gasteiger partial charge in [-0.15, -0.1) is 0 Å². The van der Waals surface area contributed by atoms with Gasteiger partial charge < -0.3 is 10.4 Å². The minimum Gasteiger partial charge on any atom is -0.394 e. The van der Waals surface area contributed by atoms with Crippen LogP contribution in [0.25, 0.3) is 0 Å². The van der Waals surface area contributed by atoms with Crippen molar-refractivity contribution in [2.75, 3.05) is 13.2 Å². The van der Waals surface area contributed by atoms with Gasteiger partial charge in [0.15, 0.2) is 0 Å². The summed E-state index contributed by atoms with van der Waals surface area (Å²) >= 11 is 11.9. The molecule has 1 rings (SSSR count). The Morgan fingerprint density at radius 3 is 2.21 bits per heavy atom. The first-order chi connectivity index (χ1) is 8.65. The second-order valence-electron chi connectivity index (χ2n) is 6.56. The molecule has 1 atom stereocenters. The molecule has 1 unspecified atom stereocenters. The molecule has 0 saturated heterocycles. The van der Waals surface area contributed by atoms with Crippen molar-refractivity contribution in [1.82, 2.24) is 5.32 Å². The minimum atomic E-state index is -0.357. The van der Waals surface area contributed by atoms with E-state index in [4.69, 9.17) is 23.2 Å². The summed E-state index contributed by atoms with van der Waals surface area (Å²) < 4.78 is 0. The maximum Gasteiger partial charge on any atom is 0.0613 e. The first-order valence-electron chi connectivity index (χ1n) is 6.45. The van der Waals surface area contributed by atoms with Crippen molar-refractivity contribution >= 4 is 23.2 Å². The van der Waals surface area contributed by atoms with Gasteiger partial charge in [0, 0.05) is 12.1 Å². The Hall–Kier alpha value is -0.280. The molecule has 1 aromatic carbocycles. The maximum absolute atomic E-state index is 9.65. The average molecular weight is 304 g/mol. The van der Waals surface area contributed by atoms with Gasteiger partial charge in [0.1, 0.15) is 0 Å². The predicted molar refractivity (Wildman–Crippen MR) is 83.1 cm³/mol. The number of benzene rings is 1. The maximum atomic E-state index is 9.65. The van der Waals surface area contributed by atoms with Gasteiger partial charge in [-0.25, -0.2) is 0 Å². The number of nitrogens with one attached hydrogen (secondary N) is 1. The molecule has 108 valence electrons. The van der Waals surface area contributed by atoms with E-state index in [1.165, 1.54) is 0 Å². The summed E-state index contributed by atoms with van der Waals surface area (Å²) in [4.78, 5) is 0. The molecule has 1 aromatic rings. The van der Waals surface area contributed by atoms with Crippen LogP contribution < -0.4 is 5.32 Å². The smallest absolute Gasteiger partial charge is 0.0613 e. The van der Waals surface area contributed by atoms with E-state index in [1.807, 2.05) is 19.1 Å². The van der Waals surface area contributed by atoms with Gasteiger partial charge in [-0.3, -0.25) is 0 Å². The van der Waals surface area contributed by atoms with Gasteiger partial charge in [0.25, 0.3) is 0 Å². The Bertz CT molecular complexity index is 429. The van der Waals surface area contributed by atoms with E-state index in [0.717, 1.165) is 12.1 Å². The van der Waals surface area contributed by atoms with Gasteiger partial charge >= 0.3 is 0 Å². The fourth-order valence-corrected chi connectivity index (χ4v) is 2.07. The van der Waals surface area contributed by atoms with Crippen molar-refractivity contribution in [3.05, 3.63) is 33.8 Å². The highest BCUT2D eigenvalue weighted by atomic mass is 35.5. The van der Waals surface area contributed by atoms with Crippen LogP contribution in [-0.4, -0.2) is 23.8 Å². The summed E-state index contributed by atoms with van der Waals surface area (Å²) in [5.41, 5.74) is 0.880. The third-order valence-electron chi connectivity index (χ3n) is 2.97. The van der Waals surface area contributed by atoms with E-state index in [1.54, 1.807) is 6.07 Å². The lowest BCUT2D eigenvalue weighted by Gasteiger charge is -2.33. The molecule has 2 nitrogen and oxygen atoms in total. The van der Waals surface area contributed by atoms with E-state index in [0.29, 0.717) is 16.5 Å². The zero-order valence-corrected chi connectivity index (χ0v) is 13.6. The molecule has 0 heterocycles. The average Bonchev–Trinajstić information content (AvgIpc) is 2.31. The molecule has 0 radical (unpaired) electrons. The molecule has 0 spiro atoms. The molecule has 19 heavy (non-hydrogen) atoms. The normalized spacial score (nSPS) is 15.3. The summed E-state index contributed by atoms with van der Waals surface area (Å²) in [5.74, 6) is 0. The summed E-state index contributed by atoms with van der Waals surface area (Å²) in [5, 5.41) is 14.2. The fourth-order valence-electron chi connectivity index (χ4n) is 1.75. The van der Waals surface area contributed by atoms with Crippen molar-refractivity contribution in [2.24, 2.45) is 5.41 Å². The third-order valence-corrected chi connectivity index (χ3v) is 3.71. The van der Waals surface area contributed by atoms with Crippen LogP contribution >= 0.6 is 23.2 Å². The number of rotatable bonds is 5. The highest BCUT2D eigenvalue weighted by Crippen LogP contribution is 2.25. The van der Waals surface area contributed by atoms with Gasteiger partial charge in [0.05, 0.1) is 16.7 Å². The van der Waals surface area contributed by atoms with Gasteiger partial charge in [0.2, 0.25) is 0 Å². The topological polar surface area (TPSA) is 32.3 Å². The number of halogens is 2. The van der Waals surface area contributed by atoms with E-state index in [2.05, 4.69) is 26.1 Å². The van der Waals surface area contributed by atoms with Crippen LogP contribution in [0.3, 0.4) is 0 Å². The van der Waals surface area contributed by atoms with Crippen LogP contribution in [-0.2, 0) is 6.42 Å². The molecule has 0 aliphatic heterocycles. The third kappa shape index (κ3) is 5.70. The highest BCUT2D eigenvalue weighted by molar-refractivity contribution is 6.42. The lowest BCUT2D eigenvalue weighted by Crippen LogP contribution is -2.50. The zero-order valence-electron chi connectivity index (χ0n) is 12.1. The summed E-state index contributed by atoms with van der Waals surface area (Å²) in [6.45, 7) is 9.42. The lowest BCUT2D eigenvalue weighted by molar-refractivity contribution is 0.160. The Kier molecular flexibility index (Phi) is 5.69. The molecule has 0 aliphatic rings. The van der Waals surface area contributed by atoms with Crippen LogP contribution in [0.1, 0.15) is 33.3 Å². The Labute approximate surface area is 126 Å². The highest BCUT2D eigenvalue weighted by Gasteiger charge is 2.25. The first kappa shape index (κ1) is 16.8. The predicted octanol–water partition coefficient (Wildman–Crippen LogP) is 3.92. The molecule has 2 N–H and O–H groups in total. The minimum absolute atomic E-state index is 0.0727. The quantitative estimate of drug-likeness (QED) is 0.864. The fraction of sp³-hybridized carbons (Fsp3) is 0.600. The van der Waals surface area contributed by atoms with E-state index in [-0.39, 0.29) is 17.6 Å². The summed E-state index contributed by atoms with van der Waals surface area (Å²) in [6, 6.07) is 5.60. The number of aliphatic hydroxyl groups excluding tert-OH is 1. The molecular weight excluding hydrogens is 281 g/mol.